The molecule has 1 aromatic heterocycles. The van der Waals surface area contributed by atoms with Crippen LogP contribution in [-0.4, -0.2) is 0 Å². The largest absolute Gasteiger partial charge is 0.464 e. The van der Waals surface area contributed by atoms with E-state index in [2.05, 4.69) is 0 Å². The van der Waals surface area contributed by atoms with Gasteiger partial charge in [-0.2, -0.15) is 0 Å². The minimum absolute atomic E-state index is 0.304. The Morgan fingerprint density at radius 2 is 1.94 bits per heavy atom. The maximum atomic E-state index is 6.16. The van der Waals surface area contributed by atoms with E-state index in [-0.39, 0.29) is 6.04 Å². The Kier molecular flexibility index (Phi) is 3.03. The van der Waals surface area contributed by atoms with Gasteiger partial charge in [-0.25, -0.2) is 0 Å². The maximum Gasteiger partial charge on any atom is 0.125 e. The maximum absolute atomic E-state index is 6.16. The van der Waals surface area contributed by atoms with E-state index < -0.39 is 0 Å². The first-order chi connectivity index (χ1) is 7.58. The van der Waals surface area contributed by atoms with Crippen molar-refractivity contribution in [3.63, 3.8) is 0 Å². The van der Waals surface area contributed by atoms with Gasteiger partial charge in [0.05, 0.1) is 6.04 Å². The predicted molar refractivity (Wildman–Crippen MR) is 65.7 cm³/mol. The molecule has 1 aromatic carbocycles. The first-order valence-electron chi connectivity index (χ1n) is 5.16. The van der Waals surface area contributed by atoms with E-state index in [0.717, 1.165) is 22.6 Å². The average Bonchev–Trinajstić information content (AvgIpc) is 2.64. The summed E-state index contributed by atoms with van der Waals surface area (Å²) in [5.74, 6) is 1.59. The van der Waals surface area contributed by atoms with Gasteiger partial charge in [0.1, 0.15) is 11.5 Å². The van der Waals surface area contributed by atoms with E-state index in [4.69, 9.17) is 21.8 Å². The Morgan fingerprint density at radius 3 is 2.50 bits per heavy atom. The molecule has 0 amide bonds. The molecule has 1 heterocycles. The third-order valence-corrected chi connectivity index (χ3v) is 2.89. The zero-order valence-corrected chi connectivity index (χ0v) is 10.1. The highest BCUT2D eigenvalue weighted by molar-refractivity contribution is 6.31. The number of rotatable bonds is 2. The van der Waals surface area contributed by atoms with Crippen molar-refractivity contribution in [2.75, 3.05) is 0 Å². The highest BCUT2D eigenvalue weighted by atomic mass is 35.5. The predicted octanol–water partition coefficient (Wildman–Crippen LogP) is 3.60. The van der Waals surface area contributed by atoms with Gasteiger partial charge < -0.3 is 10.2 Å². The molecular formula is C13H14ClNO. The second-order valence-electron chi connectivity index (χ2n) is 3.95. The SMILES string of the molecule is Cc1ccc(C(N)c2ccc(C)o2)c(Cl)c1. The van der Waals surface area contributed by atoms with Crippen molar-refractivity contribution in [2.24, 2.45) is 5.73 Å². The first-order valence-corrected chi connectivity index (χ1v) is 5.53. The molecule has 0 radical (unpaired) electrons. The molecule has 0 aliphatic carbocycles. The lowest BCUT2D eigenvalue weighted by molar-refractivity contribution is 0.466. The zero-order valence-electron chi connectivity index (χ0n) is 9.33. The molecular weight excluding hydrogens is 222 g/mol. The van der Waals surface area contributed by atoms with Crippen LogP contribution in [0.4, 0.5) is 0 Å². The summed E-state index contributed by atoms with van der Waals surface area (Å²) in [7, 11) is 0. The van der Waals surface area contributed by atoms with Crippen LogP contribution in [-0.2, 0) is 0 Å². The lowest BCUT2D eigenvalue weighted by Crippen LogP contribution is -2.11. The van der Waals surface area contributed by atoms with E-state index in [1.807, 2.05) is 44.2 Å². The Hall–Kier alpha value is -1.25. The molecule has 2 N–H and O–H groups in total. The third-order valence-electron chi connectivity index (χ3n) is 2.56. The van der Waals surface area contributed by atoms with Crippen LogP contribution in [0.15, 0.2) is 34.7 Å². The summed E-state index contributed by atoms with van der Waals surface area (Å²) < 4.78 is 5.50. The van der Waals surface area contributed by atoms with Crippen molar-refractivity contribution in [3.8, 4) is 0 Å². The summed E-state index contributed by atoms with van der Waals surface area (Å²) >= 11 is 6.16. The molecule has 0 bridgehead atoms. The van der Waals surface area contributed by atoms with Crippen molar-refractivity contribution in [3.05, 3.63) is 58.0 Å². The molecule has 0 aliphatic rings. The van der Waals surface area contributed by atoms with Crippen molar-refractivity contribution >= 4 is 11.6 Å². The van der Waals surface area contributed by atoms with Crippen LogP contribution in [0, 0.1) is 13.8 Å². The number of hydrogen-bond donors (Lipinski definition) is 1. The Balaban J connectivity index is 2.37. The van der Waals surface area contributed by atoms with Crippen molar-refractivity contribution in [2.45, 2.75) is 19.9 Å². The summed E-state index contributed by atoms with van der Waals surface area (Å²) in [6, 6.07) is 9.33. The van der Waals surface area contributed by atoms with Gasteiger partial charge in [0.2, 0.25) is 0 Å². The number of halogens is 1. The fraction of sp³-hybridized carbons (Fsp3) is 0.231. The molecule has 0 aliphatic heterocycles. The standard InChI is InChI=1S/C13H14ClNO/c1-8-3-5-10(11(14)7-8)13(15)12-6-4-9(2)16-12/h3-7,13H,15H2,1-2H3. The number of hydrogen-bond acceptors (Lipinski definition) is 2. The number of benzene rings is 1. The van der Waals surface area contributed by atoms with E-state index in [1.54, 1.807) is 0 Å². The molecule has 2 nitrogen and oxygen atoms in total. The van der Waals surface area contributed by atoms with Gasteiger partial charge in [-0.05, 0) is 43.2 Å². The van der Waals surface area contributed by atoms with Crippen molar-refractivity contribution in [1.29, 1.82) is 0 Å². The van der Waals surface area contributed by atoms with Crippen LogP contribution in [0.1, 0.15) is 28.7 Å². The van der Waals surface area contributed by atoms with Crippen LogP contribution < -0.4 is 5.73 Å². The molecule has 3 heteroatoms. The summed E-state index contributed by atoms with van der Waals surface area (Å²) in [6.07, 6.45) is 0. The molecule has 2 aromatic rings. The topological polar surface area (TPSA) is 39.2 Å². The zero-order chi connectivity index (χ0) is 11.7. The van der Waals surface area contributed by atoms with E-state index in [1.165, 1.54) is 0 Å². The lowest BCUT2D eigenvalue weighted by atomic mass is 10.0. The Bertz CT molecular complexity index is 504. The Labute approximate surface area is 100 Å². The van der Waals surface area contributed by atoms with Crippen LogP contribution in [0.25, 0.3) is 0 Å². The van der Waals surface area contributed by atoms with Gasteiger partial charge >= 0.3 is 0 Å². The van der Waals surface area contributed by atoms with Crippen molar-refractivity contribution < 1.29 is 4.42 Å². The highest BCUT2D eigenvalue weighted by Gasteiger charge is 2.15. The van der Waals surface area contributed by atoms with E-state index >= 15 is 0 Å². The molecule has 0 saturated carbocycles. The van der Waals surface area contributed by atoms with E-state index in [0.29, 0.717) is 5.02 Å². The quantitative estimate of drug-likeness (QED) is 0.864. The lowest BCUT2D eigenvalue weighted by Gasteiger charge is -2.11. The Morgan fingerprint density at radius 1 is 1.19 bits per heavy atom. The monoisotopic (exact) mass is 235 g/mol. The summed E-state index contributed by atoms with van der Waals surface area (Å²) in [5, 5.41) is 0.682. The molecule has 0 saturated heterocycles. The van der Waals surface area contributed by atoms with Gasteiger partial charge in [-0.1, -0.05) is 23.7 Å². The number of aryl methyl sites for hydroxylation is 2. The normalized spacial score (nSPS) is 12.8. The smallest absolute Gasteiger partial charge is 0.125 e. The highest BCUT2D eigenvalue weighted by Crippen LogP contribution is 2.28. The van der Waals surface area contributed by atoms with Crippen LogP contribution in [0.2, 0.25) is 5.02 Å². The van der Waals surface area contributed by atoms with Crippen molar-refractivity contribution in [1.82, 2.24) is 0 Å². The fourth-order valence-electron chi connectivity index (χ4n) is 1.66. The number of nitrogens with two attached hydrogens (primary N) is 1. The summed E-state index contributed by atoms with van der Waals surface area (Å²) in [6.45, 7) is 3.89. The molecule has 16 heavy (non-hydrogen) atoms. The fourth-order valence-corrected chi connectivity index (χ4v) is 2.01. The molecule has 84 valence electrons. The molecule has 1 atom stereocenters. The average molecular weight is 236 g/mol. The van der Waals surface area contributed by atoms with Gasteiger partial charge in [-0.3, -0.25) is 0 Å². The molecule has 2 rings (SSSR count). The van der Waals surface area contributed by atoms with E-state index in [9.17, 15) is 0 Å². The second kappa shape index (κ2) is 4.32. The molecule has 0 fully saturated rings. The van der Waals surface area contributed by atoms with Crippen LogP contribution >= 0.6 is 11.6 Å². The number of furan rings is 1. The van der Waals surface area contributed by atoms with Gasteiger partial charge in [-0.15, -0.1) is 0 Å². The summed E-state index contributed by atoms with van der Waals surface area (Å²) in [4.78, 5) is 0. The van der Waals surface area contributed by atoms with Gasteiger partial charge in [0, 0.05) is 5.02 Å². The first kappa shape index (κ1) is 11.2. The molecule has 1 unspecified atom stereocenters. The van der Waals surface area contributed by atoms with Gasteiger partial charge in [0.25, 0.3) is 0 Å². The third kappa shape index (κ3) is 2.13. The minimum Gasteiger partial charge on any atom is -0.464 e. The second-order valence-corrected chi connectivity index (χ2v) is 4.36. The van der Waals surface area contributed by atoms with Crippen LogP contribution in [0.3, 0.4) is 0 Å². The van der Waals surface area contributed by atoms with Gasteiger partial charge in [0.15, 0.2) is 0 Å². The van der Waals surface area contributed by atoms with Crippen LogP contribution in [0.5, 0.6) is 0 Å². The minimum atomic E-state index is -0.304. The summed E-state index contributed by atoms with van der Waals surface area (Å²) in [5.41, 5.74) is 8.11. The molecule has 0 spiro atoms.